The van der Waals surface area contributed by atoms with Crippen molar-refractivity contribution in [1.29, 1.82) is 0 Å². The lowest BCUT2D eigenvalue weighted by atomic mass is 10.1. The van der Waals surface area contributed by atoms with Crippen LogP contribution in [0.3, 0.4) is 0 Å². The minimum atomic E-state index is -3.67. The zero-order valence-electron chi connectivity index (χ0n) is 14.4. The maximum Gasteiger partial charge on any atom is 0.261 e. The Labute approximate surface area is 166 Å². The van der Waals surface area contributed by atoms with Gasteiger partial charge in [-0.3, -0.25) is 4.79 Å². The average Bonchev–Trinajstić information content (AvgIpc) is 3.34. The van der Waals surface area contributed by atoms with Gasteiger partial charge in [0.05, 0.1) is 17.0 Å². The van der Waals surface area contributed by atoms with Gasteiger partial charge in [-0.15, -0.1) is 11.3 Å². The second kappa shape index (κ2) is 7.18. The number of carbonyl (C=O) groups excluding carboxylic acids is 1. The highest BCUT2D eigenvalue weighted by Gasteiger charge is 2.33. The van der Waals surface area contributed by atoms with Crippen molar-refractivity contribution in [3.8, 4) is 0 Å². The molecule has 144 valence electrons. The summed E-state index contributed by atoms with van der Waals surface area (Å²) in [5, 5.41) is 13.3. The second-order valence-electron chi connectivity index (χ2n) is 6.83. The maximum atomic E-state index is 12.6. The van der Waals surface area contributed by atoms with Crippen LogP contribution in [0.15, 0.2) is 34.5 Å². The summed E-state index contributed by atoms with van der Waals surface area (Å²) in [6.45, 7) is 0.396. The molecule has 1 aromatic heterocycles. The van der Waals surface area contributed by atoms with Gasteiger partial charge in [0.25, 0.3) is 15.9 Å². The molecule has 1 fully saturated rings. The molecule has 0 saturated carbocycles. The van der Waals surface area contributed by atoms with Crippen LogP contribution in [0.1, 0.15) is 39.7 Å². The van der Waals surface area contributed by atoms with Crippen LogP contribution >= 0.6 is 22.9 Å². The molecule has 0 spiro atoms. The van der Waals surface area contributed by atoms with E-state index in [1.807, 2.05) is 18.2 Å². The van der Waals surface area contributed by atoms with Crippen molar-refractivity contribution >= 4 is 38.9 Å². The summed E-state index contributed by atoms with van der Waals surface area (Å²) in [7, 11) is -3.67. The number of carbonyl (C=O) groups is 1. The van der Waals surface area contributed by atoms with E-state index in [9.17, 15) is 18.3 Å². The smallest absolute Gasteiger partial charge is 0.261 e. The average molecular weight is 427 g/mol. The molecule has 4 rings (SSSR count). The SMILES string of the molecule is O=C(N[C@@H]1CCc2cc(Cl)ccc21)c1ccc(S(=O)(=O)N2CC[C@H](O)C2)s1. The number of aliphatic hydroxyl groups is 1. The van der Waals surface area contributed by atoms with Gasteiger partial charge in [0.15, 0.2) is 0 Å². The van der Waals surface area contributed by atoms with E-state index in [0.29, 0.717) is 22.9 Å². The molecule has 1 aliphatic heterocycles. The van der Waals surface area contributed by atoms with E-state index in [1.54, 1.807) is 0 Å². The number of hydrogen-bond acceptors (Lipinski definition) is 5. The van der Waals surface area contributed by atoms with Gasteiger partial charge in [0.2, 0.25) is 0 Å². The molecule has 0 bridgehead atoms. The molecular formula is C18H19ClN2O4S2. The Kier molecular flexibility index (Phi) is 5.02. The zero-order valence-corrected chi connectivity index (χ0v) is 16.8. The quantitative estimate of drug-likeness (QED) is 0.786. The van der Waals surface area contributed by atoms with Gasteiger partial charge in [-0.25, -0.2) is 8.42 Å². The monoisotopic (exact) mass is 426 g/mol. The van der Waals surface area contributed by atoms with Crippen LogP contribution in [0.25, 0.3) is 0 Å². The van der Waals surface area contributed by atoms with Crippen molar-refractivity contribution < 1.29 is 18.3 Å². The van der Waals surface area contributed by atoms with Crippen LogP contribution in [-0.2, 0) is 16.4 Å². The van der Waals surface area contributed by atoms with Crippen molar-refractivity contribution in [2.45, 2.75) is 35.6 Å². The fourth-order valence-corrected chi connectivity index (χ4v) is 6.65. The van der Waals surface area contributed by atoms with E-state index in [1.165, 1.54) is 16.4 Å². The molecule has 2 N–H and O–H groups in total. The number of aryl methyl sites for hydroxylation is 1. The van der Waals surface area contributed by atoms with E-state index >= 15 is 0 Å². The third-order valence-electron chi connectivity index (χ3n) is 5.01. The number of sulfonamides is 1. The minimum Gasteiger partial charge on any atom is -0.392 e. The highest BCUT2D eigenvalue weighted by molar-refractivity contribution is 7.91. The summed E-state index contributed by atoms with van der Waals surface area (Å²) in [4.78, 5) is 13.0. The molecule has 1 aliphatic carbocycles. The second-order valence-corrected chi connectivity index (χ2v) is 10.5. The van der Waals surface area contributed by atoms with Crippen LogP contribution in [-0.4, -0.2) is 42.9 Å². The van der Waals surface area contributed by atoms with Crippen LogP contribution in [0.2, 0.25) is 5.02 Å². The highest BCUT2D eigenvalue weighted by Crippen LogP contribution is 2.34. The summed E-state index contributed by atoms with van der Waals surface area (Å²) in [6.07, 6.45) is 1.45. The molecule has 2 aliphatic rings. The predicted octanol–water partition coefficient (Wildman–Crippen LogP) is 2.57. The highest BCUT2D eigenvalue weighted by atomic mass is 35.5. The number of halogens is 1. The first-order valence-corrected chi connectivity index (χ1v) is 11.4. The van der Waals surface area contributed by atoms with E-state index < -0.39 is 16.1 Å². The summed E-state index contributed by atoms with van der Waals surface area (Å²) >= 11 is 6.98. The first kappa shape index (κ1) is 18.9. The van der Waals surface area contributed by atoms with E-state index in [4.69, 9.17) is 11.6 Å². The normalized spacial score (nSPS) is 22.7. The third kappa shape index (κ3) is 3.64. The molecule has 0 unspecified atom stereocenters. The molecule has 2 atom stereocenters. The van der Waals surface area contributed by atoms with Crippen LogP contribution in [0.4, 0.5) is 0 Å². The number of fused-ring (bicyclic) bond motifs is 1. The number of hydrogen-bond donors (Lipinski definition) is 2. The van der Waals surface area contributed by atoms with Crippen molar-refractivity contribution in [3.63, 3.8) is 0 Å². The number of nitrogens with zero attached hydrogens (tertiary/aromatic N) is 1. The van der Waals surface area contributed by atoms with Gasteiger partial charge in [-0.2, -0.15) is 4.31 Å². The number of nitrogens with one attached hydrogen (secondary N) is 1. The van der Waals surface area contributed by atoms with E-state index in [2.05, 4.69) is 5.32 Å². The summed E-state index contributed by atoms with van der Waals surface area (Å²) < 4.78 is 26.7. The van der Waals surface area contributed by atoms with Crippen LogP contribution in [0, 0.1) is 0 Å². The van der Waals surface area contributed by atoms with Crippen molar-refractivity contribution in [1.82, 2.24) is 9.62 Å². The Balaban J connectivity index is 1.49. The van der Waals surface area contributed by atoms with Crippen LogP contribution < -0.4 is 5.32 Å². The first-order chi connectivity index (χ1) is 12.8. The summed E-state index contributed by atoms with van der Waals surface area (Å²) in [5.74, 6) is -0.282. The summed E-state index contributed by atoms with van der Waals surface area (Å²) in [6, 6.07) is 8.56. The number of β-amino-alcohol motifs (C(OH)–C–C–N with tert-alkyl or cyclic N) is 1. The molecule has 1 amide bonds. The Morgan fingerprint density at radius 2 is 2.07 bits per heavy atom. The Bertz CT molecular complexity index is 989. The Hall–Kier alpha value is -1.45. The largest absolute Gasteiger partial charge is 0.392 e. The Morgan fingerprint density at radius 1 is 1.26 bits per heavy atom. The fraction of sp³-hybridized carbons (Fsp3) is 0.389. The lowest BCUT2D eigenvalue weighted by Crippen LogP contribution is -2.29. The van der Waals surface area contributed by atoms with Crippen LogP contribution in [0.5, 0.6) is 0 Å². The molecule has 0 radical (unpaired) electrons. The molecular weight excluding hydrogens is 408 g/mol. The van der Waals surface area contributed by atoms with Gasteiger partial charge < -0.3 is 10.4 Å². The zero-order chi connectivity index (χ0) is 19.2. The van der Waals surface area contributed by atoms with Gasteiger partial charge in [0, 0.05) is 18.1 Å². The molecule has 2 heterocycles. The number of rotatable bonds is 4. The molecule has 2 aromatic rings. The number of thiophene rings is 1. The molecule has 27 heavy (non-hydrogen) atoms. The number of amides is 1. The number of benzene rings is 1. The van der Waals surface area contributed by atoms with Gasteiger partial charge >= 0.3 is 0 Å². The summed E-state index contributed by atoms with van der Waals surface area (Å²) in [5.41, 5.74) is 2.19. The fourth-order valence-electron chi connectivity index (χ4n) is 3.60. The molecule has 1 saturated heterocycles. The van der Waals surface area contributed by atoms with Gasteiger partial charge in [0.1, 0.15) is 4.21 Å². The van der Waals surface area contributed by atoms with Gasteiger partial charge in [-0.05, 0) is 54.7 Å². The Morgan fingerprint density at radius 3 is 2.81 bits per heavy atom. The molecule has 1 aromatic carbocycles. The third-order valence-corrected chi connectivity index (χ3v) is 8.67. The van der Waals surface area contributed by atoms with E-state index in [0.717, 1.165) is 35.3 Å². The van der Waals surface area contributed by atoms with Crippen molar-refractivity contribution in [2.75, 3.05) is 13.1 Å². The van der Waals surface area contributed by atoms with Crippen molar-refractivity contribution in [2.24, 2.45) is 0 Å². The molecule has 6 nitrogen and oxygen atoms in total. The lowest BCUT2D eigenvalue weighted by Gasteiger charge is -2.14. The first-order valence-electron chi connectivity index (χ1n) is 8.72. The molecule has 9 heteroatoms. The maximum absolute atomic E-state index is 12.6. The standard InChI is InChI=1S/C18H19ClN2O4S2/c19-12-2-3-14-11(9-12)1-4-15(14)20-18(23)16-5-6-17(26-16)27(24,25)21-8-7-13(22)10-21/h2-3,5-6,9,13,15,22H,1,4,7-8,10H2,(H,20,23)/t13-,15+/m0/s1. The number of aliphatic hydroxyl groups excluding tert-OH is 1. The van der Waals surface area contributed by atoms with Gasteiger partial charge in [-0.1, -0.05) is 17.7 Å². The lowest BCUT2D eigenvalue weighted by molar-refractivity contribution is 0.0941. The predicted molar refractivity (Wildman–Crippen MR) is 104 cm³/mol. The van der Waals surface area contributed by atoms with Crippen molar-refractivity contribution in [3.05, 3.63) is 51.4 Å². The topological polar surface area (TPSA) is 86.7 Å². The minimum absolute atomic E-state index is 0.0966. The van der Waals surface area contributed by atoms with E-state index in [-0.39, 0.29) is 22.7 Å².